The molecule has 0 saturated heterocycles. The molecule has 3 heteroatoms. The van der Waals surface area contributed by atoms with Gasteiger partial charge < -0.3 is 10.4 Å². The molecule has 1 amide bonds. The Labute approximate surface area is 187 Å². The van der Waals surface area contributed by atoms with Crippen molar-refractivity contribution in [3.05, 3.63) is 29.3 Å². The van der Waals surface area contributed by atoms with Crippen LogP contribution in [0.15, 0.2) is 18.2 Å². The summed E-state index contributed by atoms with van der Waals surface area (Å²) in [5, 5.41) is 13.7. The molecule has 5 saturated carbocycles. The van der Waals surface area contributed by atoms with Crippen molar-refractivity contribution < 1.29 is 9.90 Å². The van der Waals surface area contributed by atoms with Gasteiger partial charge in [0.2, 0.25) is 5.91 Å². The minimum absolute atomic E-state index is 0.0165. The Morgan fingerprint density at radius 1 is 1.06 bits per heavy atom. The molecule has 0 radical (unpaired) electrons. The number of amides is 1. The van der Waals surface area contributed by atoms with Gasteiger partial charge in [0, 0.05) is 6.54 Å². The summed E-state index contributed by atoms with van der Waals surface area (Å²) in [5.41, 5.74) is 2.73. The van der Waals surface area contributed by atoms with Gasteiger partial charge in [-0.05, 0) is 122 Å². The van der Waals surface area contributed by atoms with E-state index in [4.69, 9.17) is 0 Å². The first-order chi connectivity index (χ1) is 14.8. The number of rotatable bonds is 3. The van der Waals surface area contributed by atoms with Crippen LogP contribution in [0, 0.1) is 34.5 Å². The molecule has 3 atom stereocenters. The van der Waals surface area contributed by atoms with E-state index in [9.17, 15) is 9.90 Å². The van der Waals surface area contributed by atoms with Crippen molar-refractivity contribution >= 4 is 5.91 Å². The smallest absolute Gasteiger partial charge is 0.226 e. The fourth-order valence-corrected chi connectivity index (χ4v) is 9.70. The molecule has 31 heavy (non-hydrogen) atoms. The quantitative estimate of drug-likeness (QED) is 0.654. The fraction of sp³-hybridized carbons (Fsp3) is 0.750. The zero-order chi connectivity index (χ0) is 21.4. The number of carbonyl (C=O) groups is 1. The van der Waals surface area contributed by atoms with E-state index in [1.165, 1.54) is 49.7 Å². The van der Waals surface area contributed by atoms with E-state index in [1.807, 2.05) is 12.1 Å². The average Bonchev–Trinajstić information content (AvgIpc) is 2.71. The van der Waals surface area contributed by atoms with Crippen LogP contribution in [-0.2, 0) is 16.6 Å². The molecular weight excluding hydrogens is 382 g/mol. The van der Waals surface area contributed by atoms with E-state index in [0.29, 0.717) is 23.0 Å². The number of hydrogen-bond donors (Lipinski definition) is 2. The first-order valence-corrected chi connectivity index (χ1v) is 12.9. The van der Waals surface area contributed by atoms with Gasteiger partial charge in [0.15, 0.2) is 0 Å². The van der Waals surface area contributed by atoms with Gasteiger partial charge in [-0.1, -0.05) is 26.3 Å². The van der Waals surface area contributed by atoms with Gasteiger partial charge in [0.1, 0.15) is 5.75 Å². The average molecular weight is 422 g/mol. The molecule has 6 aliphatic carbocycles. The van der Waals surface area contributed by atoms with Crippen LogP contribution in [0.4, 0.5) is 0 Å². The van der Waals surface area contributed by atoms with Gasteiger partial charge in [-0.2, -0.15) is 0 Å². The van der Waals surface area contributed by atoms with Crippen molar-refractivity contribution in [1.82, 2.24) is 5.32 Å². The van der Waals surface area contributed by atoms with Gasteiger partial charge in [0.25, 0.3) is 0 Å². The maximum atomic E-state index is 13.8. The predicted molar refractivity (Wildman–Crippen MR) is 123 cm³/mol. The van der Waals surface area contributed by atoms with E-state index in [1.54, 1.807) is 0 Å². The summed E-state index contributed by atoms with van der Waals surface area (Å²) in [4.78, 5) is 13.8. The second-order valence-corrected chi connectivity index (χ2v) is 12.7. The predicted octanol–water partition coefficient (Wildman–Crippen LogP) is 5.74. The van der Waals surface area contributed by atoms with Gasteiger partial charge in [-0.3, -0.25) is 4.79 Å². The number of carbonyl (C=O) groups excluding carboxylic acids is 1. The van der Waals surface area contributed by atoms with Crippen LogP contribution in [0.5, 0.6) is 5.75 Å². The Balaban J connectivity index is 1.23. The molecule has 1 aromatic carbocycles. The third kappa shape index (κ3) is 3.01. The minimum Gasteiger partial charge on any atom is -0.508 e. The van der Waals surface area contributed by atoms with Crippen molar-refractivity contribution in [1.29, 1.82) is 0 Å². The highest BCUT2D eigenvalue weighted by molar-refractivity contribution is 5.83. The van der Waals surface area contributed by atoms with E-state index >= 15 is 0 Å². The maximum absolute atomic E-state index is 13.8. The number of benzene rings is 1. The van der Waals surface area contributed by atoms with Gasteiger partial charge >= 0.3 is 0 Å². The summed E-state index contributed by atoms with van der Waals surface area (Å²) in [5.74, 6) is 3.80. The molecule has 0 aliphatic heterocycles. The Hall–Kier alpha value is -1.51. The highest BCUT2D eigenvalue weighted by atomic mass is 16.3. The van der Waals surface area contributed by atoms with Gasteiger partial charge in [-0.25, -0.2) is 0 Å². The Kier molecular flexibility index (Phi) is 4.38. The van der Waals surface area contributed by atoms with Crippen LogP contribution in [0.2, 0.25) is 0 Å². The van der Waals surface area contributed by atoms with Crippen LogP contribution in [0.25, 0.3) is 0 Å². The summed E-state index contributed by atoms with van der Waals surface area (Å²) < 4.78 is 0. The first kappa shape index (κ1) is 20.1. The SMILES string of the molecule is C[C@@]1(C(=O)NCC23CC4CC(CC(C4)C2)C3)CCC[C@]2(C)c3cc(O)ccc3CC[C@@H]12. The lowest BCUT2D eigenvalue weighted by Crippen LogP contribution is -2.57. The number of fused-ring (bicyclic) bond motifs is 3. The third-order valence-electron chi connectivity index (χ3n) is 10.6. The van der Waals surface area contributed by atoms with E-state index in [-0.39, 0.29) is 10.8 Å². The number of nitrogens with one attached hydrogen (secondary N) is 1. The maximum Gasteiger partial charge on any atom is 0.226 e. The van der Waals surface area contributed by atoms with Crippen molar-refractivity contribution in [3.8, 4) is 5.75 Å². The number of hydrogen-bond acceptors (Lipinski definition) is 2. The molecule has 3 nitrogen and oxygen atoms in total. The summed E-state index contributed by atoms with van der Waals surface area (Å²) in [6, 6.07) is 5.91. The molecule has 5 fully saturated rings. The lowest BCUT2D eigenvalue weighted by atomic mass is 9.49. The highest BCUT2D eigenvalue weighted by Crippen LogP contribution is 2.60. The van der Waals surface area contributed by atoms with Crippen LogP contribution in [-0.4, -0.2) is 17.6 Å². The van der Waals surface area contributed by atoms with Crippen molar-refractivity contribution in [3.63, 3.8) is 0 Å². The standard InChI is InChI=1S/C28H39NO2/c1-26-8-3-9-27(2,24(26)7-5-21-4-6-22(30)13-23(21)26)25(31)29-17-28-14-18-10-19(15-28)12-20(11-18)16-28/h4,6,13,18-20,24,30H,3,5,7-12,14-17H2,1-2H3,(H,29,31)/t18?,19?,20?,24-,26-,27-,28?/m1/s1. The van der Waals surface area contributed by atoms with E-state index in [2.05, 4.69) is 25.2 Å². The number of phenolic OH excluding ortho intramolecular Hbond substituents is 1. The van der Waals surface area contributed by atoms with Crippen molar-refractivity contribution in [2.24, 2.45) is 34.5 Å². The molecule has 4 bridgehead atoms. The second-order valence-electron chi connectivity index (χ2n) is 12.7. The lowest BCUT2D eigenvalue weighted by Gasteiger charge is -2.57. The molecule has 0 spiro atoms. The number of phenols is 1. The molecule has 7 rings (SSSR count). The molecule has 6 aliphatic rings. The minimum atomic E-state index is -0.307. The number of aryl methyl sites for hydroxylation is 1. The van der Waals surface area contributed by atoms with Crippen LogP contribution >= 0.6 is 0 Å². The molecule has 0 unspecified atom stereocenters. The molecule has 168 valence electrons. The normalized spacial score (nSPS) is 45.1. The third-order valence-corrected chi connectivity index (χ3v) is 10.6. The van der Waals surface area contributed by atoms with Crippen LogP contribution < -0.4 is 5.32 Å². The Morgan fingerprint density at radius 3 is 2.42 bits per heavy atom. The Morgan fingerprint density at radius 2 is 1.74 bits per heavy atom. The molecule has 1 aromatic rings. The van der Waals surface area contributed by atoms with Gasteiger partial charge in [0.05, 0.1) is 5.41 Å². The van der Waals surface area contributed by atoms with Crippen LogP contribution in [0.1, 0.15) is 89.2 Å². The van der Waals surface area contributed by atoms with Crippen LogP contribution in [0.3, 0.4) is 0 Å². The van der Waals surface area contributed by atoms with Crippen molar-refractivity contribution in [2.75, 3.05) is 6.54 Å². The van der Waals surface area contributed by atoms with E-state index < -0.39 is 0 Å². The zero-order valence-electron chi connectivity index (χ0n) is 19.4. The summed E-state index contributed by atoms with van der Waals surface area (Å²) in [7, 11) is 0. The lowest BCUT2D eigenvalue weighted by molar-refractivity contribution is -0.141. The number of aromatic hydroxyl groups is 1. The molecule has 0 heterocycles. The largest absolute Gasteiger partial charge is 0.508 e. The zero-order valence-corrected chi connectivity index (χ0v) is 19.4. The first-order valence-electron chi connectivity index (χ1n) is 12.9. The highest BCUT2D eigenvalue weighted by Gasteiger charge is 2.56. The summed E-state index contributed by atoms with van der Waals surface area (Å²) >= 11 is 0. The monoisotopic (exact) mass is 421 g/mol. The topological polar surface area (TPSA) is 49.3 Å². The molecule has 0 aromatic heterocycles. The molecular formula is C28H39NO2. The summed E-state index contributed by atoms with van der Waals surface area (Å²) in [6.45, 7) is 5.52. The summed E-state index contributed by atoms with van der Waals surface area (Å²) in [6.07, 6.45) is 13.7. The van der Waals surface area contributed by atoms with E-state index in [0.717, 1.165) is 56.4 Å². The molecule has 2 N–H and O–H groups in total. The fourth-order valence-electron chi connectivity index (χ4n) is 9.70. The van der Waals surface area contributed by atoms with Crippen molar-refractivity contribution in [2.45, 2.75) is 89.9 Å². The van der Waals surface area contributed by atoms with Gasteiger partial charge in [-0.15, -0.1) is 0 Å². The Bertz CT molecular complexity index is 871. The second kappa shape index (κ2) is 6.75.